The van der Waals surface area contributed by atoms with Gasteiger partial charge in [0.25, 0.3) is 0 Å². The number of carbonyl (C=O) groups is 1. The Labute approximate surface area is 147 Å². The predicted octanol–water partition coefficient (Wildman–Crippen LogP) is 1.83. The molecule has 0 spiro atoms. The van der Waals surface area contributed by atoms with Crippen LogP contribution < -0.4 is 9.62 Å². The first-order chi connectivity index (χ1) is 10.5. The van der Waals surface area contributed by atoms with Crippen molar-refractivity contribution in [2.75, 3.05) is 37.7 Å². The molecule has 1 aromatic rings. The third kappa shape index (κ3) is 5.84. The zero-order valence-corrected chi connectivity index (χ0v) is 15.8. The molecule has 1 atom stereocenters. The Morgan fingerprint density at radius 1 is 1.30 bits per heavy atom. The van der Waals surface area contributed by atoms with Crippen LogP contribution in [-0.2, 0) is 14.8 Å². The highest BCUT2D eigenvalue weighted by Crippen LogP contribution is 2.32. The van der Waals surface area contributed by atoms with Crippen molar-refractivity contribution in [2.24, 2.45) is 0 Å². The first-order valence-electron chi connectivity index (χ1n) is 6.91. The molecule has 1 aromatic carbocycles. The Morgan fingerprint density at radius 3 is 2.43 bits per heavy atom. The minimum atomic E-state index is -3.72. The Bertz CT molecular complexity index is 665. The zero-order valence-electron chi connectivity index (χ0n) is 13.5. The molecule has 23 heavy (non-hydrogen) atoms. The van der Waals surface area contributed by atoms with Crippen LogP contribution in [-0.4, -0.2) is 58.7 Å². The predicted molar refractivity (Wildman–Crippen MR) is 94.8 cm³/mol. The Balaban J connectivity index is 3.08. The van der Waals surface area contributed by atoms with Gasteiger partial charge in [-0.2, -0.15) is 0 Å². The molecule has 0 aliphatic carbocycles. The van der Waals surface area contributed by atoms with E-state index < -0.39 is 22.0 Å². The summed E-state index contributed by atoms with van der Waals surface area (Å²) in [6, 6.07) is 3.52. The van der Waals surface area contributed by atoms with E-state index in [9.17, 15) is 13.2 Å². The van der Waals surface area contributed by atoms with Crippen LogP contribution in [0.5, 0.6) is 0 Å². The molecule has 9 heteroatoms. The molecular formula is C14H21Cl2N3O3S. The van der Waals surface area contributed by atoms with Gasteiger partial charge in [-0.1, -0.05) is 23.2 Å². The first-order valence-corrected chi connectivity index (χ1v) is 9.51. The smallest absolute Gasteiger partial charge is 0.243 e. The number of hydrogen-bond acceptors (Lipinski definition) is 4. The van der Waals surface area contributed by atoms with E-state index in [0.29, 0.717) is 18.1 Å². The second-order valence-corrected chi connectivity index (χ2v) is 8.13. The first kappa shape index (κ1) is 20.0. The average molecular weight is 382 g/mol. The van der Waals surface area contributed by atoms with Gasteiger partial charge in [0.05, 0.1) is 17.0 Å². The molecule has 130 valence electrons. The molecule has 0 saturated carbocycles. The van der Waals surface area contributed by atoms with Crippen LogP contribution in [0.2, 0.25) is 10.0 Å². The van der Waals surface area contributed by atoms with E-state index in [-0.39, 0.29) is 10.7 Å². The molecule has 0 unspecified atom stereocenters. The van der Waals surface area contributed by atoms with Gasteiger partial charge in [0.1, 0.15) is 6.04 Å². The summed E-state index contributed by atoms with van der Waals surface area (Å²) in [5.41, 5.74) is 0.178. The lowest BCUT2D eigenvalue weighted by atomic mass is 10.2. The summed E-state index contributed by atoms with van der Waals surface area (Å²) in [6.45, 7) is 2.57. The molecule has 0 saturated heterocycles. The number of anilines is 1. The fourth-order valence-electron chi connectivity index (χ4n) is 1.99. The van der Waals surface area contributed by atoms with Crippen LogP contribution in [0.25, 0.3) is 0 Å². The fraction of sp³-hybridized carbons (Fsp3) is 0.500. The van der Waals surface area contributed by atoms with Crippen molar-refractivity contribution in [1.29, 1.82) is 0 Å². The average Bonchev–Trinajstić information content (AvgIpc) is 2.40. The van der Waals surface area contributed by atoms with Gasteiger partial charge in [-0.15, -0.1) is 0 Å². The van der Waals surface area contributed by atoms with Crippen LogP contribution in [0.15, 0.2) is 18.2 Å². The molecule has 0 aliphatic rings. The molecule has 0 bridgehead atoms. The minimum Gasteiger partial charge on any atom is -0.353 e. The zero-order chi connectivity index (χ0) is 17.8. The molecule has 0 fully saturated rings. The van der Waals surface area contributed by atoms with Crippen molar-refractivity contribution in [3.63, 3.8) is 0 Å². The maximum Gasteiger partial charge on any atom is 0.243 e. The summed E-state index contributed by atoms with van der Waals surface area (Å²) >= 11 is 12.0. The summed E-state index contributed by atoms with van der Waals surface area (Å²) in [6.07, 6.45) is 1.02. The van der Waals surface area contributed by atoms with Gasteiger partial charge < -0.3 is 10.2 Å². The number of nitrogens with one attached hydrogen (secondary N) is 1. The number of likely N-dealkylation sites (N-methyl/N-ethyl adjacent to an activating group) is 1. The summed E-state index contributed by atoms with van der Waals surface area (Å²) in [7, 11) is 0.0343. The van der Waals surface area contributed by atoms with Crippen molar-refractivity contribution in [2.45, 2.75) is 13.0 Å². The van der Waals surface area contributed by atoms with E-state index in [1.807, 2.05) is 19.0 Å². The third-order valence-corrected chi connectivity index (χ3v) is 4.87. The Morgan fingerprint density at radius 2 is 1.91 bits per heavy atom. The number of carbonyl (C=O) groups excluding carboxylic acids is 1. The van der Waals surface area contributed by atoms with Crippen molar-refractivity contribution in [3.8, 4) is 0 Å². The highest BCUT2D eigenvalue weighted by atomic mass is 35.5. The van der Waals surface area contributed by atoms with Crippen molar-refractivity contribution < 1.29 is 13.2 Å². The van der Waals surface area contributed by atoms with Gasteiger partial charge in [-0.3, -0.25) is 9.10 Å². The van der Waals surface area contributed by atoms with Gasteiger partial charge in [0.15, 0.2) is 0 Å². The van der Waals surface area contributed by atoms with E-state index >= 15 is 0 Å². The normalized spacial score (nSPS) is 13.0. The van der Waals surface area contributed by atoms with Crippen LogP contribution in [0.1, 0.15) is 6.92 Å². The number of rotatable bonds is 7. The quantitative estimate of drug-likeness (QED) is 0.781. The molecule has 0 aromatic heterocycles. The second kappa shape index (κ2) is 8.19. The van der Waals surface area contributed by atoms with Crippen LogP contribution in [0.4, 0.5) is 5.69 Å². The van der Waals surface area contributed by atoms with E-state index in [1.165, 1.54) is 19.1 Å². The van der Waals surface area contributed by atoms with Crippen LogP contribution in [0.3, 0.4) is 0 Å². The van der Waals surface area contributed by atoms with Crippen molar-refractivity contribution in [3.05, 3.63) is 28.2 Å². The lowest BCUT2D eigenvalue weighted by Crippen LogP contribution is -2.49. The van der Waals surface area contributed by atoms with E-state index in [4.69, 9.17) is 23.2 Å². The molecule has 0 aliphatic heterocycles. The molecule has 1 amide bonds. The third-order valence-electron chi connectivity index (χ3n) is 3.09. The number of amides is 1. The number of halogens is 2. The molecule has 0 radical (unpaired) electrons. The molecule has 0 heterocycles. The molecular weight excluding hydrogens is 361 g/mol. The van der Waals surface area contributed by atoms with E-state index in [2.05, 4.69) is 5.32 Å². The highest BCUT2D eigenvalue weighted by Gasteiger charge is 2.30. The maximum atomic E-state index is 12.3. The fourth-order valence-corrected chi connectivity index (χ4v) is 3.59. The van der Waals surface area contributed by atoms with Gasteiger partial charge in [0.2, 0.25) is 15.9 Å². The van der Waals surface area contributed by atoms with Crippen LogP contribution >= 0.6 is 23.2 Å². The highest BCUT2D eigenvalue weighted by molar-refractivity contribution is 7.92. The van der Waals surface area contributed by atoms with Gasteiger partial charge in [-0.05, 0) is 39.2 Å². The van der Waals surface area contributed by atoms with Crippen LogP contribution in [0, 0.1) is 0 Å². The number of hydrogen-bond donors (Lipinski definition) is 1. The lowest BCUT2D eigenvalue weighted by Gasteiger charge is -2.29. The number of sulfonamides is 1. The summed E-state index contributed by atoms with van der Waals surface area (Å²) < 4.78 is 25.3. The topological polar surface area (TPSA) is 69.7 Å². The van der Waals surface area contributed by atoms with E-state index in [0.717, 1.165) is 10.6 Å². The van der Waals surface area contributed by atoms with Gasteiger partial charge in [0, 0.05) is 18.1 Å². The van der Waals surface area contributed by atoms with Crippen molar-refractivity contribution in [1.82, 2.24) is 10.2 Å². The van der Waals surface area contributed by atoms with Crippen molar-refractivity contribution >= 4 is 44.8 Å². The van der Waals surface area contributed by atoms with Gasteiger partial charge >= 0.3 is 0 Å². The summed E-state index contributed by atoms with van der Waals surface area (Å²) in [4.78, 5) is 14.2. The minimum absolute atomic E-state index is 0.178. The number of nitrogens with zero attached hydrogens (tertiary/aromatic N) is 2. The number of benzene rings is 1. The van der Waals surface area contributed by atoms with Gasteiger partial charge in [-0.25, -0.2) is 8.42 Å². The maximum absolute atomic E-state index is 12.3. The molecule has 1 rings (SSSR count). The standard InChI is InChI=1S/C14H21Cl2N3O3S/c1-10(14(20)17-7-8-18(2)3)19(23(4,21)22)13-9-11(15)5-6-12(13)16/h5-6,9-10H,7-8H2,1-4H3,(H,17,20)/t10-/m0/s1. The summed E-state index contributed by atoms with van der Waals surface area (Å²) in [5.74, 6) is -0.409. The summed E-state index contributed by atoms with van der Waals surface area (Å²) in [5, 5.41) is 3.24. The Hall–Kier alpha value is -1.02. The molecule has 6 nitrogen and oxygen atoms in total. The largest absolute Gasteiger partial charge is 0.353 e. The Kier molecular flexibility index (Phi) is 7.13. The van der Waals surface area contributed by atoms with E-state index in [1.54, 1.807) is 6.07 Å². The second-order valence-electron chi connectivity index (χ2n) is 5.42. The molecule has 1 N–H and O–H groups in total. The monoisotopic (exact) mass is 381 g/mol. The lowest BCUT2D eigenvalue weighted by molar-refractivity contribution is -0.121. The SMILES string of the molecule is C[C@@H](C(=O)NCCN(C)C)N(c1cc(Cl)ccc1Cl)S(C)(=O)=O.